The number of benzene rings is 2. The van der Waals surface area contributed by atoms with E-state index >= 15 is 0 Å². The van der Waals surface area contributed by atoms with Gasteiger partial charge < -0.3 is 19.6 Å². The van der Waals surface area contributed by atoms with Crippen molar-refractivity contribution in [3.63, 3.8) is 0 Å². The number of para-hydroxylation sites is 2. The van der Waals surface area contributed by atoms with Crippen molar-refractivity contribution >= 4 is 27.3 Å². The number of methoxy groups -OCH3 is 1. The highest BCUT2D eigenvalue weighted by Gasteiger charge is 2.19. The van der Waals surface area contributed by atoms with E-state index in [4.69, 9.17) is 9.15 Å². The molecule has 0 aliphatic rings. The largest absolute Gasteiger partial charge is 0.506 e. The van der Waals surface area contributed by atoms with Crippen LogP contribution in [0.25, 0.3) is 0 Å². The van der Waals surface area contributed by atoms with Crippen LogP contribution in [0, 0.1) is 0 Å². The van der Waals surface area contributed by atoms with E-state index in [0.29, 0.717) is 5.75 Å². The van der Waals surface area contributed by atoms with Crippen LogP contribution in [0.2, 0.25) is 0 Å². The number of aromatic hydroxyl groups is 1. The fourth-order valence-corrected chi connectivity index (χ4v) is 3.40. The molecule has 140 valence electrons. The average Bonchev–Trinajstić information content (AvgIpc) is 3.18. The first-order chi connectivity index (χ1) is 12.9. The number of phenolic OH excluding ortho intramolecular Hbond substituents is 1. The summed E-state index contributed by atoms with van der Waals surface area (Å²) >= 11 is 0. The van der Waals surface area contributed by atoms with Crippen molar-refractivity contribution in [2.24, 2.45) is 0 Å². The second-order valence-electron chi connectivity index (χ2n) is 5.42. The standard InChI is InChI=1S/C18H16N2O6S/c1-25-16-6-3-2-5-13(16)20-27(23,24)12-8-9-15(21)14(11-12)19-18(22)17-7-4-10-26-17/h2-11,20-21H,1H3,(H,19,22). The van der Waals surface area contributed by atoms with Crippen LogP contribution in [0.15, 0.2) is 70.2 Å². The molecule has 0 unspecified atom stereocenters. The van der Waals surface area contributed by atoms with Gasteiger partial charge in [0, 0.05) is 0 Å². The summed E-state index contributed by atoms with van der Waals surface area (Å²) in [7, 11) is -2.56. The Hall–Kier alpha value is -3.46. The predicted molar refractivity (Wildman–Crippen MR) is 98.6 cm³/mol. The normalized spacial score (nSPS) is 11.0. The molecule has 0 saturated heterocycles. The number of carbonyl (C=O) groups excluding carboxylic acids is 1. The summed E-state index contributed by atoms with van der Waals surface area (Å²) in [6.45, 7) is 0. The number of sulfonamides is 1. The van der Waals surface area contributed by atoms with Gasteiger partial charge in [0.25, 0.3) is 15.9 Å². The number of anilines is 2. The van der Waals surface area contributed by atoms with Gasteiger partial charge in [-0.25, -0.2) is 8.42 Å². The Kier molecular flexibility index (Phi) is 5.04. The fraction of sp³-hybridized carbons (Fsp3) is 0.0556. The molecular formula is C18H16N2O6S. The molecule has 0 radical (unpaired) electrons. The minimum atomic E-state index is -3.99. The Balaban J connectivity index is 1.89. The molecule has 0 bridgehead atoms. The third-order valence-corrected chi connectivity index (χ3v) is 4.99. The highest BCUT2D eigenvalue weighted by Crippen LogP contribution is 2.30. The summed E-state index contributed by atoms with van der Waals surface area (Å²) < 4.78 is 37.9. The summed E-state index contributed by atoms with van der Waals surface area (Å²) in [6.07, 6.45) is 1.33. The Morgan fingerprint density at radius 2 is 1.85 bits per heavy atom. The first-order valence-electron chi connectivity index (χ1n) is 7.74. The summed E-state index contributed by atoms with van der Waals surface area (Å²) in [5, 5.41) is 12.4. The van der Waals surface area contributed by atoms with Crippen molar-refractivity contribution in [2.45, 2.75) is 4.90 Å². The van der Waals surface area contributed by atoms with Crippen LogP contribution < -0.4 is 14.8 Å². The van der Waals surface area contributed by atoms with Crippen LogP contribution in [-0.4, -0.2) is 26.5 Å². The molecule has 0 atom stereocenters. The quantitative estimate of drug-likeness (QED) is 0.559. The van der Waals surface area contributed by atoms with Crippen molar-refractivity contribution < 1.29 is 27.5 Å². The SMILES string of the molecule is COc1ccccc1NS(=O)(=O)c1ccc(O)c(NC(=O)c2ccco2)c1. The lowest BCUT2D eigenvalue weighted by atomic mass is 10.3. The maximum atomic E-state index is 12.7. The zero-order valence-electron chi connectivity index (χ0n) is 14.2. The van der Waals surface area contributed by atoms with Crippen LogP contribution in [0.1, 0.15) is 10.6 Å². The lowest BCUT2D eigenvalue weighted by Gasteiger charge is -2.13. The monoisotopic (exact) mass is 388 g/mol. The number of carbonyl (C=O) groups is 1. The van der Waals surface area contributed by atoms with Crippen molar-refractivity contribution in [2.75, 3.05) is 17.1 Å². The van der Waals surface area contributed by atoms with Crippen LogP contribution in [0.3, 0.4) is 0 Å². The smallest absolute Gasteiger partial charge is 0.291 e. The molecule has 1 heterocycles. The highest BCUT2D eigenvalue weighted by molar-refractivity contribution is 7.92. The van der Waals surface area contributed by atoms with Crippen LogP contribution in [0.5, 0.6) is 11.5 Å². The van der Waals surface area contributed by atoms with Crippen LogP contribution in [-0.2, 0) is 10.0 Å². The number of rotatable bonds is 6. The molecule has 27 heavy (non-hydrogen) atoms. The van der Waals surface area contributed by atoms with Crippen molar-refractivity contribution in [1.82, 2.24) is 0 Å². The molecule has 2 aromatic carbocycles. The van der Waals surface area contributed by atoms with Crippen molar-refractivity contribution in [3.05, 3.63) is 66.6 Å². The zero-order valence-corrected chi connectivity index (χ0v) is 15.0. The van der Waals surface area contributed by atoms with Crippen LogP contribution in [0.4, 0.5) is 11.4 Å². The van der Waals surface area contributed by atoms with E-state index in [1.165, 1.54) is 37.6 Å². The highest BCUT2D eigenvalue weighted by atomic mass is 32.2. The van der Waals surface area contributed by atoms with Gasteiger partial charge >= 0.3 is 0 Å². The van der Waals surface area contributed by atoms with Gasteiger partial charge in [-0.2, -0.15) is 0 Å². The molecule has 0 aliphatic heterocycles. The van der Waals surface area contributed by atoms with E-state index in [-0.39, 0.29) is 27.8 Å². The first-order valence-corrected chi connectivity index (χ1v) is 9.23. The van der Waals surface area contributed by atoms with Crippen molar-refractivity contribution in [3.8, 4) is 11.5 Å². The molecule has 3 aromatic rings. The molecule has 0 aliphatic carbocycles. The summed E-state index contributed by atoms with van der Waals surface area (Å²) in [4.78, 5) is 11.9. The number of phenols is 1. The minimum absolute atomic E-state index is 0.0230. The molecule has 8 nitrogen and oxygen atoms in total. The van der Waals surface area contributed by atoms with Gasteiger partial charge in [0.2, 0.25) is 0 Å². The molecule has 0 saturated carbocycles. The Labute approximate surface area is 155 Å². The van der Waals surface area contributed by atoms with Gasteiger partial charge in [-0.05, 0) is 42.5 Å². The Morgan fingerprint density at radius 1 is 1.07 bits per heavy atom. The van der Waals surface area contributed by atoms with Crippen LogP contribution >= 0.6 is 0 Å². The number of furan rings is 1. The van der Waals surface area contributed by atoms with E-state index < -0.39 is 15.9 Å². The number of amides is 1. The van der Waals surface area contributed by atoms with E-state index in [1.807, 2.05) is 0 Å². The van der Waals surface area contributed by atoms with Gasteiger partial charge in [0.1, 0.15) is 11.5 Å². The third kappa shape index (κ3) is 4.04. The van der Waals surface area contributed by atoms with Gasteiger partial charge in [-0.15, -0.1) is 0 Å². The molecule has 3 rings (SSSR count). The topological polar surface area (TPSA) is 118 Å². The van der Waals surface area contributed by atoms with E-state index in [0.717, 1.165) is 6.07 Å². The zero-order chi connectivity index (χ0) is 19.4. The molecular weight excluding hydrogens is 372 g/mol. The third-order valence-electron chi connectivity index (χ3n) is 3.62. The lowest BCUT2D eigenvalue weighted by Crippen LogP contribution is -2.15. The second kappa shape index (κ2) is 7.42. The van der Waals surface area contributed by atoms with E-state index in [1.54, 1.807) is 24.3 Å². The van der Waals surface area contributed by atoms with Crippen molar-refractivity contribution in [1.29, 1.82) is 0 Å². The number of hydrogen-bond acceptors (Lipinski definition) is 6. The lowest BCUT2D eigenvalue weighted by molar-refractivity contribution is 0.0996. The molecule has 1 amide bonds. The molecule has 9 heteroatoms. The predicted octanol–water partition coefficient (Wildman–Crippen LogP) is 3.05. The Bertz CT molecular complexity index is 1060. The van der Waals surface area contributed by atoms with Gasteiger partial charge in [0.15, 0.2) is 5.76 Å². The maximum Gasteiger partial charge on any atom is 0.291 e. The first kappa shape index (κ1) is 18.3. The van der Waals surface area contributed by atoms with Gasteiger partial charge in [0.05, 0.1) is 29.6 Å². The summed E-state index contributed by atoms with van der Waals surface area (Å²) in [5.74, 6) is -0.533. The Morgan fingerprint density at radius 3 is 2.56 bits per heavy atom. The molecule has 1 aromatic heterocycles. The van der Waals surface area contributed by atoms with Gasteiger partial charge in [-0.3, -0.25) is 9.52 Å². The van der Waals surface area contributed by atoms with E-state index in [2.05, 4.69) is 10.0 Å². The molecule has 0 spiro atoms. The second-order valence-corrected chi connectivity index (χ2v) is 7.10. The maximum absolute atomic E-state index is 12.7. The van der Waals surface area contributed by atoms with E-state index in [9.17, 15) is 18.3 Å². The summed E-state index contributed by atoms with van der Waals surface area (Å²) in [6, 6.07) is 13.0. The number of nitrogens with one attached hydrogen (secondary N) is 2. The number of hydrogen-bond donors (Lipinski definition) is 3. The van der Waals surface area contributed by atoms with Gasteiger partial charge in [-0.1, -0.05) is 12.1 Å². The molecule has 3 N–H and O–H groups in total. The average molecular weight is 388 g/mol. The number of ether oxygens (including phenoxy) is 1. The minimum Gasteiger partial charge on any atom is -0.506 e. The molecule has 0 fully saturated rings. The summed E-state index contributed by atoms with van der Waals surface area (Å²) in [5.41, 5.74) is 0.188. The fourth-order valence-electron chi connectivity index (χ4n) is 2.31.